The maximum Gasteiger partial charge on any atom is 0.0367 e. The van der Waals surface area contributed by atoms with Gasteiger partial charge in [0, 0.05) is 44.0 Å². The summed E-state index contributed by atoms with van der Waals surface area (Å²) in [6.45, 7) is 7.59. The Kier molecular flexibility index (Phi) is 4.47. The number of hydrogen-bond acceptors (Lipinski definition) is 3. The number of fused-ring (bicyclic) bond motifs is 2. The molecule has 2 saturated heterocycles. The first kappa shape index (κ1) is 16.1. The van der Waals surface area contributed by atoms with Crippen LogP contribution >= 0.6 is 0 Å². The second-order valence-corrected chi connectivity index (χ2v) is 8.87. The van der Waals surface area contributed by atoms with Gasteiger partial charge in [0.1, 0.15) is 0 Å². The topological polar surface area (TPSA) is 9.72 Å². The van der Waals surface area contributed by atoms with E-state index < -0.39 is 0 Å². The fourth-order valence-corrected chi connectivity index (χ4v) is 6.23. The van der Waals surface area contributed by atoms with E-state index in [-0.39, 0.29) is 0 Å². The molecule has 0 unspecified atom stereocenters. The smallest absolute Gasteiger partial charge is 0.0367 e. The molecule has 2 aliphatic heterocycles. The van der Waals surface area contributed by atoms with Crippen LogP contribution in [0.2, 0.25) is 0 Å². The van der Waals surface area contributed by atoms with Gasteiger partial charge in [-0.15, -0.1) is 0 Å². The van der Waals surface area contributed by atoms with Crippen LogP contribution in [0.1, 0.15) is 38.5 Å². The second-order valence-electron chi connectivity index (χ2n) is 8.87. The molecule has 2 aliphatic carbocycles. The highest BCUT2D eigenvalue weighted by Gasteiger charge is 2.43. The van der Waals surface area contributed by atoms with Crippen LogP contribution in [-0.4, -0.2) is 61.2 Å². The van der Waals surface area contributed by atoms with Crippen LogP contribution in [0.4, 0.5) is 5.69 Å². The predicted molar refractivity (Wildman–Crippen MR) is 104 cm³/mol. The van der Waals surface area contributed by atoms with Crippen molar-refractivity contribution in [3.63, 3.8) is 0 Å². The molecule has 4 aliphatic rings. The van der Waals surface area contributed by atoms with Gasteiger partial charge in [0.15, 0.2) is 0 Å². The van der Waals surface area contributed by atoms with E-state index in [2.05, 4.69) is 45.0 Å². The number of likely N-dealkylation sites (tertiary alicyclic amines) is 1. The first-order valence-electron chi connectivity index (χ1n) is 10.6. The van der Waals surface area contributed by atoms with Gasteiger partial charge in [-0.1, -0.05) is 24.6 Å². The van der Waals surface area contributed by atoms with Crippen molar-refractivity contribution in [1.82, 2.24) is 9.80 Å². The van der Waals surface area contributed by atoms with E-state index in [1.165, 1.54) is 77.1 Å². The lowest BCUT2D eigenvalue weighted by atomic mass is 9.91. The van der Waals surface area contributed by atoms with Gasteiger partial charge in [-0.25, -0.2) is 0 Å². The molecule has 2 bridgehead atoms. The maximum atomic E-state index is 2.88. The minimum atomic E-state index is 0.841. The zero-order valence-corrected chi connectivity index (χ0v) is 15.5. The lowest BCUT2D eigenvalue weighted by Crippen LogP contribution is -2.54. The van der Waals surface area contributed by atoms with Crippen molar-refractivity contribution in [2.75, 3.05) is 44.2 Å². The Labute approximate surface area is 153 Å². The van der Waals surface area contributed by atoms with Crippen molar-refractivity contribution in [3.05, 3.63) is 30.3 Å². The fraction of sp³-hybridized carbons (Fsp3) is 0.727. The van der Waals surface area contributed by atoms with E-state index in [0.29, 0.717) is 0 Å². The monoisotopic (exact) mass is 339 g/mol. The highest BCUT2D eigenvalue weighted by molar-refractivity contribution is 5.46. The maximum absolute atomic E-state index is 2.88. The third-order valence-corrected chi connectivity index (χ3v) is 7.62. The molecule has 136 valence electrons. The van der Waals surface area contributed by atoms with Gasteiger partial charge in [-0.05, 0) is 69.2 Å². The standard InChI is InChI=1S/C22H33N3/c1-2-4-20(5-3-1)23-12-14-24(15-13-23)21-8-10-25(11-9-21)22-17-18-6-7-19(22)16-18/h1-5,18-19,21-22H,6-17H2/t18-,19+,22+/m0/s1. The average Bonchev–Trinajstić information content (AvgIpc) is 3.33. The molecule has 5 rings (SSSR count). The van der Waals surface area contributed by atoms with Gasteiger partial charge in [0.05, 0.1) is 0 Å². The number of piperidine rings is 1. The Hall–Kier alpha value is -1.06. The third kappa shape index (κ3) is 3.21. The van der Waals surface area contributed by atoms with E-state index in [1.54, 1.807) is 6.42 Å². The van der Waals surface area contributed by atoms with E-state index in [0.717, 1.165) is 23.9 Å². The molecular weight excluding hydrogens is 306 g/mol. The SMILES string of the molecule is c1ccc(N2CCN(C3CCN([C@@H]4C[C@H]5CC[C@@H]4C5)CC3)CC2)cc1. The van der Waals surface area contributed by atoms with Gasteiger partial charge in [0.2, 0.25) is 0 Å². The van der Waals surface area contributed by atoms with Gasteiger partial charge < -0.3 is 4.90 Å². The molecule has 2 heterocycles. The molecule has 1 aromatic carbocycles. The molecule has 2 saturated carbocycles. The van der Waals surface area contributed by atoms with Crippen molar-refractivity contribution in [1.29, 1.82) is 0 Å². The first-order chi connectivity index (χ1) is 12.4. The minimum absolute atomic E-state index is 0.841. The first-order valence-corrected chi connectivity index (χ1v) is 10.6. The zero-order chi connectivity index (χ0) is 16.6. The van der Waals surface area contributed by atoms with Crippen LogP contribution in [-0.2, 0) is 0 Å². The average molecular weight is 340 g/mol. The summed E-state index contributed by atoms with van der Waals surface area (Å²) in [7, 11) is 0. The zero-order valence-electron chi connectivity index (χ0n) is 15.5. The quantitative estimate of drug-likeness (QED) is 0.835. The molecule has 0 aromatic heterocycles. The van der Waals surface area contributed by atoms with Crippen molar-refractivity contribution >= 4 is 5.69 Å². The number of nitrogens with zero attached hydrogens (tertiary/aromatic N) is 3. The summed E-state index contributed by atoms with van der Waals surface area (Å²) < 4.78 is 0. The van der Waals surface area contributed by atoms with Gasteiger partial charge in [-0.2, -0.15) is 0 Å². The Morgan fingerprint density at radius 3 is 2.08 bits per heavy atom. The van der Waals surface area contributed by atoms with Crippen LogP contribution in [0.3, 0.4) is 0 Å². The molecular formula is C22H33N3. The third-order valence-electron chi connectivity index (χ3n) is 7.62. The number of rotatable bonds is 3. The fourth-order valence-electron chi connectivity index (χ4n) is 6.23. The Balaban J connectivity index is 1.11. The summed E-state index contributed by atoms with van der Waals surface area (Å²) in [5, 5.41) is 0. The number of hydrogen-bond donors (Lipinski definition) is 0. The summed E-state index contributed by atoms with van der Waals surface area (Å²) in [5.74, 6) is 2.13. The predicted octanol–water partition coefficient (Wildman–Crippen LogP) is 3.46. The van der Waals surface area contributed by atoms with Crippen molar-refractivity contribution < 1.29 is 0 Å². The van der Waals surface area contributed by atoms with E-state index in [9.17, 15) is 0 Å². The van der Waals surface area contributed by atoms with Crippen molar-refractivity contribution in [2.24, 2.45) is 11.8 Å². The molecule has 0 amide bonds. The van der Waals surface area contributed by atoms with Gasteiger partial charge >= 0.3 is 0 Å². The molecule has 3 nitrogen and oxygen atoms in total. The molecule has 0 spiro atoms. The largest absolute Gasteiger partial charge is 0.369 e. The van der Waals surface area contributed by atoms with E-state index in [4.69, 9.17) is 0 Å². The molecule has 0 N–H and O–H groups in total. The second kappa shape index (κ2) is 6.92. The van der Waals surface area contributed by atoms with Crippen molar-refractivity contribution in [2.45, 2.75) is 50.6 Å². The summed E-state index contributed by atoms with van der Waals surface area (Å²) in [4.78, 5) is 8.22. The van der Waals surface area contributed by atoms with E-state index >= 15 is 0 Å². The van der Waals surface area contributed by atoms with Crippen LogP contribution in [0, 0.1) is 11.8 Å². The summed E-state index contributed by atoms with van der Waals surface area (Å²) in [6.07, 6.45) is 8.93. The molecule has 4 fully saturated rings. The number of para-hydroxylation sites is 1. The highest BCUT2D eigenvalue weighted by atomic mass is 15.3. The normalized spacial score (nSPS) is 34.7. The van der Waals surface area contributed by atoms with Gasteiger partial charge in [0.25, 0.3) is 0 Å². The number of piperazine rings is 1. The number of anilines is 1. The molecule has 3 heteroatoms. The Bertz CT molecular complexity index is 558. The highest BCUT2D eigenvalue weighted by Crippen LogP contribution is 2.47. The van der Waals surface area contributed by atoms with Crippen LogP contribution in [0.25, 0.3) is 0 Å². The molecule has 1 aromatic rings. The van der Waals surface area contributed by atoms with Gasteiger partial charge in [-0.3, -0.25) is 9.80 Å². The molecule has 25 heavy (non-hydrogen) atoms. The Morgan fingerprint density at radius 1 is 0.680 bits per heavy atom. The molecule has 3 atom stereocenters. The lowest BCUT2D eigenvalue weighted by molar-refractivity contribution is 0.0618. The van der Waals surface area contributed by atoms with Crippen LogP contribution in [0.5, 0.6) is 0 Å². The minimum Gasteiger partial charge on any atom is -0.369 e. The summed E-state index contributed by atoms with van der Waals surface area (Å²) >= 11 is 0. The Morgan fingerprint density at radius 2 is 1.44 bits per heavy atom. The van der Waals surface area contributed by atoms with Crippen molar-refractivity contribution in [3.8, 4) is 0 Å². The lowest BCUT2D eigenvalue weighted by Gasteiger charge is -2.45. The van der Waals surface area contributed by atoms with Crippen LogP contribution in [0.15, 0.2) is 30.3 Å². The molecule has 0 radical (unpaired) electrons. The summed E-state index contributed by atoms with van der Waals surface area (Å²) in [6, 6.07) is 12.7. The summed E-state index contributed by atoms with van der Waals surface area (Å²) in [5.41, 5.74) is 1.40. The van der Waals surface area contributed by atoms with Crippen LogP contribution < -0.4 is 4.90 Å². The number of benzene rings is 1. The van der Waals surface area contributed by atoms with E-state index in [1.807, 2.05) is 0 Å².